The number of methoxy groups -OCH3 is 3. The second-order valence-corrected chi connectivity index (χ2v) is 6.95. The van der Waals surface area contributed by atoms with Gasteiger partial charge >= 0.3 is 0 Å². The first-order valence-corrected chi connectivity index (χ1v) is 10.4. The summed E-state index contributed by atoms with van der Waals surface area (Å²) in [6.45, 7) is 2.91. The van der Waals surface area contributed by atoms with E-state index in [2.05, 4.69) is 10.3 Å². The maximum absolute atomic E-state index is 12.8. The minimum Gasteiger partial charge on any atom is -0.496 e. The molecule has 0 aliphatic carbocycles. The number of hydrogen-bond acceptors (Lipinski definition) is 7. The summed E-state index contributed by atoms with van der Waals surface area (Å²) in [7, 11) is 4.67. The normalized spacial score (nSPS) is 10.3. The number of nitrogens with zero attached hydrogens (tertiary/aromatic N) is 1. The van der Waals surface area contributed by atoms with Crippen molar-refractivity contribution in [2.75, 3.05) is 27.9 Å². The zero-order valence-corrected chi connectivity index (χ0v) is 19.2. The van der Waals surface area contributed by atoms with E-state index in [0.29, 0.717) is 47.5 Å². The number of amides is 1. The quantitative estimate of drug-likeness (QED) is 0.470. The van der Waals surface area contributed by atoms with E-state index in [9.17, 15) is 4.79 Å². The molecule has 8 nitrogen and oxygen atoms in total. The fourth-order valence-electron chi connectivity index (χ4n) is 3.19. The lowest BCUT2D eigenvalue weighted by Gasteiger charge is -2.15. The number of nitrogens with one attached hydrogen (secondary N) is 1. The van der Waals surface area contributed by atoms with Crippen LogP contribution in [0.15, 0.2) is 54.9 Å². The minimum absolute atomic E-state index is 0.242. The molecule has 0 saturated carbocycles. The summed E-state index contributed by atoms with van der Waals surface area (Å²) in [6.07, 6.45) is 3.45. The Kier molecular flexibility index (Phi) is 8.35. The molecular formula is C25H28N2O6. The van der Waals surface area contributed by atoms with Crippen molar-refractivity contribution in [3.8, 4) is 28.7 Å². The van der Waals surface area contributed by atoms with Gasteiger partial charge in [-0.15, -0.1) is 0 Å². The van der Waals surface area contributed by atoms with Crippen LogP contribution in [0.3, 0.4) is 0 Å². The maximum Gasteiger partial charge on any atom is 0.251 e. The Labute approximate surface area is 193 Å². The van der Waals surface area contributed by atoms with Crippen molar-refractivity contribution in [3.63, 3.8) is 0 Å². The van der Waals surface area contributed by atoms with E-state index in [1.807, 2.05) is 19.1 Å². The molecule has 0 unspecified atom stereocenters. The van der Waals surface area contributed by atoms with Gasteiger partial charge in [0, 0.05) is 41.7 Å². The minimum atomic E-state index is -0.258. The third-order valence-electron chi connectivity index (χ3n) is 4.85. The Morgan fingerprint density at radius 1 is 0.879 bits per heavy atom. The third kappa shape index (κ3) is 6.06. The molecule has 2 aromatic carbocycles. The van der Waals surface area contributed by atoms with E-state index in [1.54, 1.807) is 64.1 Å². The number of pyridine rings is 1. The Morgan fingerprint density at radius 2 is 1.64 bits per heavy atom. The van der Waals surface area contributed by atoms with Crippen LogP contribution < -0.4 is 29.0 Å². The van der Waals surface area contributed by atoms with E-state index in [1.165, 1.54) is 0 Å². The largest absolute Gasteiger partial charge is 0.496 e. The number of carbonyl (C=O) groups excluding carboxylic acids is 1. The Morgan fingerprint density at radius 3 is 2.30 bits per heavy atom. The molecule has 1 heterocycles. The SMILES string of the molecule is CCOc1cc(C(=O)NCc2cc(OC)c(OC)cc2OC)ccc1OCc1cccnc1. The summed E-state index contributed by atoms with van der Waals surface area (Å²) in [4.78, 5) is 16.9. The first-order chi connectivity index (χ1) is 16.1. The van der Waals surface area contributed by atoms with Gasteiger partial charge in [0.05, 0.1) is 27.9 Å². The second kappa shape index (κ2) is 11.6. The van der Waals surface area contributed by atoms with Gasteiger partial charge in [0.1, 0.15) is 12.4 Å². The first-order valence-electron chi connectivity index (χ1n) is 10.4. The van der Waals surface area contributed by atoms with Gasteiger partial charge in [-0.1, -0.05) is 6.07 Å². The van der Waals surface area contributed by atoms with Crippen molar-refractivity contribution in [1.82, 2.24) is 10.3 Å². The summed E-state index contributed by atoms with van der Waals surface area (Å²) in [5, 5.41) is 2.91. The maximum atomic E-state index is 12.8. The van der Waals surface area contributed by atoms with Gasteiger partial charge < -0.3 is 29.0 Å². The van der Waals surface area contributed by atoms with Crippen LogP contribution in [0.2, 0.25) is 0 Å². The molecular weight excluding hydrogens is 424 g/mol. The lowest BCUT2D eigenvalue weighted by Crippen LogP contribution is -2.23. The number of benzene rings is 2. The molecule has 174 valence electrons. The summed E-state index contributed by atoms with van der Waals surface area (Å²) in [5.41, 5.74) is 2.14. The third-order valence-corrected chi connectivity index (χ3v) is 4.85. The van der Waals surface area contributed by atoms with Crippen LogP contribution in [-0.4, -0.2) is 38.8 Å². The molecule has 8 heteroatoms. The second-order valence-electron chi connectivity index (χ2n) is 6.95. The Hall–Kier alpha value is -3.94. The molecule has 0 saturated heterocycles. The standard InChI is InChI=1S/C25H28N2O6/c1-5-32-24-11-18(8-9-20(24)33-16-17-7-6-10-26-14-17)25(28)27-15-19-12-22(30-3)23(31-4)13-21(19)29-2/h6-14H,5,15-16H2,1-4H3,(H,27,28). The van der Waals surface area contributed by atoms with E-state index in [-0.39, 0.29) is 12.5 Å². The summed E-state index contributed by atoms with van der Waals surface area (Å²) >= 11 is 0. The van der Waals surface area contributed by atoms with Crippen LogP contribution in [0.1, 0.15) is 28.4 Å². The number of hydrogen-bond donors (Lipinski definition) is 1. The van der Waals surface area contributed by atoms with Gasteiger partial charge in [-0.3, -0.25) is 9.78 Å². The van der Waals surface area contributed by atoms with Crippen LogP contribution in [0, 0.1) is 0 Å². The predicted octanol–water partition coefficient (Wildman–Crippen LogP) is 4.02. The van der Waals surface area contributed by atoms with Crippen LogP contribution in [-0.2, 0) is 13.2 Å². The zero-order valence-electron chi connectivity index (χ0n) is 19.2. The van der Waals surface area contributed by atoms with Crippen molar-refractivity contribution in [1.29, 1.82) is 0 Å². The molecule has 0 aliphatic rings. The average molecular weight is 453 g/mol. The Balaban J connectivity index is 1.72. The van der Waals surface area contributed by atoms with Crippen LogP contribution in [0.25, 0.3) is 0 Å². The summed E-state index contributed by atoms with van der Waals surface area (Å²) in [5.74, 6) is 2.48. The van der Waals surface area contributed by atoms with Gasteiger partial charge in [0.15, 0.2) is 23.0 Å². The van der Waals surface area contributed by atoms with E-state index in [0.717, 1.165) is 11.1 Å². The van der Waals surface area contributed by atoms with Gasteiger partial charge in [-0.25, -0.2) is 0 Å². The number of carbonyl (C=O) groups is 1. The molecule has 3 rings (SSSR count). The molecule has 0 radical (unpaired) electrons. The van der Waals surface area contributed by atoms with Gasteiger partial charge in [-0.2, -0.15) is 0 Å². The average Bonchev–Trinajstić information content (AvgIpc) is 2.86. The molecule has 0 atom stereocenters. The Bertz CT molecular complexity index is 1070. The van der Waals surface area contributed by atoms with Crippen molar-refractivity contribution < 1.29 is 28.5 Å². The first kappa shape index (κ1) is 23.7. The molecule has 0 aliphatic heterocycles. The molecule has 1 amide bonds. The fraction of sp³-hybridized carbons (Fsp3) is 0.280. The van der Waals surface area contributed by atoms with Crippen LogP contribution >= 0.6 is 0 Å². The molecule has 33 heavy (non-hydrogen) atoms. The molecule has 0 spiro atoms. The highest BCUT2D eigenvalue weighted by molar-refractivity contribution is 5.94. The number of ether oxygens (including phenoxy) is 5. The van der Waals surface area contributed by atoms with Gasteiger partial charge in [-0.05, 0) is 37.3 Å². The molecule has 0 bridgehead atoms. The van der Waals surface area contributed by atoms with Gasteiger partial charge in [0.2, 0.25) is 0 Å². The topological polar surface area (TPSA) is 88.1 Å². The highest BCUT2D eigenvalue weighted by atomic mass is 16.5. The lowest BCUT2D eigenvalue weighted by molar-refractivity contribution is 0.0950. The van der Waals surface area contributed by atoms with Crippen molar-refractivity contribution in [3.05, 3.63) is 71.5 Å². The monoisotopic (exact) mass is 452 g/mol. The molecule has 3 aromatic rings. The highest BCUT2D eigenvalue weighted by Gasteiger charge is 2.15. The number of aromatic nitrogens is 1. The molecule has 1 N–H and O–H groups in total. The van der Waals surface area contributed by atoms with Crippen molar-refractivity contribution in [2.45, 2.75) is 20.1 Å². The van der Waals surface area contributed by atoms with Crippen molar-refractivity contribution >= 4 is 5.91 Å². The lowest BCUT2D eigenvalue weighted by atomic mass is 10.1. The van der Waals surface area contributed by atoms with Gasteiger partial charge in [0.25, 0.3) is 5.91 Å². The molecule has 0 fully saturated rings. The zero-order chi connectivity index (χ0) is 23.6. The predicted molar refractivity (Wildman–Crippen MR) is 123 cm³/mol. The van der Waals surface area contributed by atoms with Crippen molar-refractivity contribution in [2.24, 2.45) is 0 Å². The number of rotatable bonds is 11. The molecule has 1 aromatic heterocycles. The smallest absolute Gasteiger partial charge is 0.251 e. The summed E-state index contributed by atoms with van der Waals surface area (Å²) < 4.78 is 27.7. The fourth-order valence-corrected chi connectivity index (χ4v) is 3.19. The van der Waals surface area contributed by atoms with Crippen LogP contribution in [0.4, 0.5) is 0 Å². The van der Waals surface area contributed by atoms with E-state index >= 15 is 0 Å². The summed E-state index contributed by atoms with van der Waals surface area (Å²) in [6, 6.07) is 12.4. The highest BCUT2D eigenvalue weighted by Crippen LogP contribution is 2.34. The van der Waals surface area contributed by atoms with Crippen LogP contribution in [0.5, 0.6) is 28.7 Å². The van der Waals surface area contributed by atoms with E-state index in [4.69, 9.17) is 23.7 Å². The van der Waals surface area contributed by atoms with E-state index < -0.39 is 0 Å².